The summed E-state index contributed by atoms with van der Waals surface area (Å²) >= 11 is 0. The van der Waals surface area contributed by atoms with Gasteiger partial charge in [-0.3, -0.25) is 9.80 Å². The molecule has 1 aliphatic carbocycles. The van der Waals surface area contributed by atoms with Gasteiger partial charge in [-0.25, -0.2) is 0 Å². The first-order valence-corrected chi connectivity index (χ1v) is 12.1. The molecule has 2 aromatic carbocycles. The molecule has 2 aromatic rings. The molecule has 1 saturated carbocycles. The van der Waals surface area contributed by atoms with Crippen molar-refractivity contribution in [2.24, 2.45) is 5.92 Å². The van der Waals surface area contributed by atoms with Crippen LogP contribution in [0.1, 0.15) is 49.7 Å². The summed E-state index contributed by atoms with van der Waals surface area (Å²) < 4.78 is 0. The van der Waals surface area contributed by atoms with Crippen LogP contribution in [0, 0.1) is 5.92 Å². The SMILES string of the molecule is CN1CCC(CN(C)C2(c3ccccc3)CCC(c3ccccc3)(N(C)C)CC2)CC1. The van der Waals surface area contributed by atoms with E-state index in [1.807, 2.05) is 0 Å². The summed E-state index contributed by atoms with van der Waals surface area (Å²) in [6.45, 7) is 3.70. The number of rotatable bonds is 6. The van der Waals surface area contributed by atoms with Crippen molar-refractivity contribution in [3.63, 3.8) is 0 Å². The lowest BCUT2D eigenvalue weighted by molar-refractivity contribution is -0.0124. The van der Waals surface area contributed by atoms with Crippen LogP contribution >= 0.6 is 0 Å². The zero-order valence-electron chi connectivity index (χ0n) is 20.1. The zero-order valence-corrected chi connectivity index (χ0v) is 20.1. The van der Waals surface area contributed by atoms with E-state index in [9.17, 15) is 0 Å². The Kier molecular flexibility index (Phi) is 6.86. The summed E-state index contributed by atoms with van der Waals surface area (Å²) in [5.74, 6) is 0.816. The Balaban J connectivity index is 1.60. The molecule has 0 aromatic heterocycles. The lowest BCUT2D eigenvalue weighted by Gasteiger charge is -2.54. The number of benzene rings is 2. The van der Waals surface area contributed by atoms with Gasteiger partial charge in [0.25, 0.3) is 0 Å². The normalized spacial score (nSPS) is 28.3. The summed E-state index contributed by atoms with van der Waals surface area (Å²) in [7, 11) is 9.20. The number of piperidine rings is 1. The molecule has 3 nitrogen and oxygen atoms in total. The fourth-order valence-corrected chi connectivity index (χ4v) is 6.27. The van der Waals surface area contributed by atoms with E-state index in [0.717, 1.165) is 5.92 Å². The van der Waals surface area contributed by atoms with Gasteiger partial charge in [0.2, 0.25) is 0 Å². The van der Waals surface area contributed by atoms with E-state index in [0.29, 0.717) is 0 Å². The highest BCUT2D eigenvalue weighted by atomic mass is 15.2. The first-order valence-electron chi connectivity index (χ1n) is 12.1. The highest BCUT2D eigenvalue weighted by molar-refractivity contribution is 5.30. The molecule has 1 heterocycles. The molecule has 31 heavy (non-hydrogen) atoms. The minimum Gasteiger partial charge on any atom is -0.306 e. The summed E-state index contributed by atoms with van der Waals surface area (Å²) in [5, 5.41) is 0. The molecule has 1 aliphatic heterocycles. The summed E-state index contributed by atoms with van der Waals surface area (Å²) in [6, 6.07) is 22.6. The van der Waals surface area contributed by atoms with Crippen molar-refractivity contribution < 1.29 is 0 Å². The number of hydrogen-bond acceptors (Lipinski definition) is 3. The van der Waals surface area contributed by atoms with Crippen LogP contribution in [-0.2, 0) is 11.1 Å². The molecule has 0 atom stereocenters. The minimum absolute atomic E-state index is 0.133. The Morgan fingerprint density at radius 3 is 1.68 bits per heavy atom. The van der Waals surface area contributed by atoms with E-state index in [1.165, 1.54) is 69.3 Å². The number of hydrogen-bond donors (Lipinski definition) is 0. The predicted octanol–water partition coefficient (Wildman–Crippen LogP) is 5.19. The van der Waals surface area contributed by atoms with Gasteiger partial charge in [0, 0.05) is 17.6 Å². The van der Waals surface area contributed by atoms with E-state index in [1.54, 1.807) is 0 Å². The average Bonchev–Trinajstić information content (AvgIpc) is 2.81. The molecule has 0 bridgehead atoms. The lowest BCUT2D eigenvalue weighted by atomic mass is 9.65. The van der Waals surface area contributed by atoms with E-state index in [2.05, 4.69) is 104 Å². The maximum Gasteiger partial charge on any atom is 0.0459 e. The van der Waals surface area contributed by atoms with Crippen molar-refractivity contribution in [2.75, 3.05) is 47.8 Å². The molecule has 0 radical (unpaired) electrons. The number of likely N-dealkylation sites (tertiary alicyclic amines) is 1. The topological polar surface area (TPSA) is 9.72 Å². The van der Waals surface area contributed by atoms with Gasteiger partial charge >= 0.3 is 0 Å². The summed E-state index contributed by atoms with van der Waals surface area (Å²) in [5.41, 5.74) is 3.25. The predicted molar refractivity (Wildman–Crippen MR) is 131 cm³/mol. The Morgan fingerprint density at radius 1 is 0.742 bits per heavy atom. The minimum atomic E-state index is 0.133. The van der Waals surface area contributed by atoms with Gasteiger partial charge in [0.05, 0.1) is 0 Å². The second-order valence-electron chi connectivity index (χ2n) is 10.3. The molecule has 0 spiro atoms. The molecule has 1 saturated heterocycles. The highest BCUT2D eigenvalue weighted by Gasteiger charge is 2.47. The van der Waals surface area contributed by atoms with Crippen molar-refractivity contribution in [1.82, 2.24) is 14.7 Å². The Hall–Kier alpha value is -1.68. The van der Waals surface area contributed by atoms with Crippen LogP contribution in [0.2, 0.25) is 0 Å². The fourth-order valence-electron chi connectivity index (χ4n) is 6.27. The van der Waals surface area contributed by atoms with Gasteiger partial charge in [-0.05, 0) is 96.8 Å². The van der Waals surface area contributed by atoms with Crippen LogP contribution < -0.4 is 0 Å². The van der Waals surface area contributed by atoms with Crippen LogP contribution in [-0.4, -0.2) is 62.5 Å². The van der Waals surface area contributed by atoms with Crippen molar-refractivity contribution in [2.45, 2.75) is 49.6 Å². The smallest absolute Gasteiger partial charge is 0.0459 e. The number of nitrogens with zero attached hydrogens (tertiary/aromatic N) is 3. The van der Waals surface area contributed by atoms with Crippen molar-refractivity contribution >= 4 is 0 Å². The third kappa shape index (κ3) is 4.46. The first kappa shape index (κ1) is 22.5. The third-order valence-corrected chi connectivity index (χ3v) is 8.48. The fraction of sp³-hybridized carbons (Fsp3) is 0.571. The molecule has 0 N–H and O–H groups in total. The second-order valence-corrected chi connectivity index (χ2v) is 10.3. The van der Waals surface area contributed by atoms with Crippen molar-refractivity contribution in [1.29, 1.82) is 0 Å². The Morgan fingerprint density at radius 2 is 1.19 bits per heavy atom. The Labute approximate surface area is 190 Å². The largest absolute Gasteiger partial charge is 0.306 e. The van der Waals surface area contributed by atoms with Gasteiger partial charge in [-0.2, -0.15) is 0 Å². The Bertz CT molecular complexity index is 801. The monoisotopic (exact) mass is 419 g/mol. The van der Waals surface area contributed by atoms with Crippen LogP contribution in [0.25, 0.3) is 0 Å². The standard InChI is InChI=1S/C28H41N3/c1-29(2)27(25-11-7-5-8-12-25)17-19-28(20-18-27,26-13-9-6-10-14-26)31(4)23-24-15-21-30(3)22-16-24/h5-14,24H,15-23H2,1-4H3. The van der Waals surface area contributed by atoms with Gasteiger partial charge in [0.15, 0.2) is 0 Å². The third-order valence-electron chi connectivity index (χ3n) is 8.48. The van der Waals surface area contributed by atoms with Crippen LogP contribution in [0.3, 0.4) is 0 Å². The van der Waals surface area contributed by atoms with Gasteiger partial charge in [-0.15, -0.1) is 0 Å². The van der Waals surface area contributed by atoms with Gasteiger partial charge in [0.1, 0.15) is 0 Å². The molecule has 2 fully saturated rings. The summed E-state index contributed by atoms with van der Waals surface area (Å²) in [6.07, 6.45) is 7.45. The second kappa shape index (κ2) is 9.44. The lowest BCUT2D eigenvalue weighted by Crippen LogP contribution is -2.54. The molecule has 3 heteroatoms. The zero-order chi connectivity index (χ0) is 21.9. The quantitative estimate of drug-likeness (QED) is 0.638. The maximum absolute atomic E-state index is 2.74. The molecule has 0 unspecified atom stereocenters. The molecular weight excluding hydrogens is 378 g/mol. The van der Waals surface area contributed by atoms with Crippen molar-refractivity contribution in [3.05, 3.63) is 71.8 Å². The van der Waals surface area contributed by atoms with Gasteiger partial charge in [-0.1, -0.05) is 60.7 Å². The van der Waals surface area contributed by atoms with Crippen LogP contribution in [0.15, 0.2) is 60.7 Å². The van der Waals surface area contributed by atoms with E-state index >= 15 is 0 Å². The molecule has 168 valence electrons. The van der Waals surface area contributed by atoms with E-state index in [-0.39, 0.29) is 11.1 Å². The average molecular weight is 420 g/mol. The summed E-state index contributed by atoms with van der Waals surface area (Å²) in [4.78, 5) is 7.70. The molecular formula is C28H41N3. The molecule has 2 aliphatic rings. The first-order chi connectivity index (χ1) is 15.0. The van der Waals surface area contributed by atoms with Crippen molar-refractivity contribution in [3.8, 4) is 0 Å². The molecule has 0 amide bonds. The van der Waals surface area contributed by atoms with E-state index in [4.69, 9.17) is 0 Å². The maximum atomic E-state index is 2.74. The van der Waals surface area contributed by atoms with Crippen LogP contribution in [0.4, 0.5) is 0 Å². The molecule has 4 rings (SSSR count). The highest BCUT2D eigenvalue weighted by Crippen LogP contribution is 2.50. The van der Waals surface area contributed by atoms with Gasteiger partial charge < -0.3 is 4.90 Å². The van der Waals surface area contributed by atoms with Crippen LogP contribution in [0.5, 0.6) is 0 Å². The van der Waals surface area contributed by atoms with E-state index < -0.39 is 0 Å².